The van der Waals surface area contributed by atoms with Crippen LogP contribution in [0.1, 0.15) is 72.1 Å². The van der Waals surface area contributed by atoms with E-state index in [-0.39, 0.29) is 5.54 Å². The smallest absolute Gasteiger partial charge is 0.0266 e. The molecule has 17 heavy (non-hydrogen) atoms. The van der Waals surface area contributed by atoms with Crippen molar-refractivity contribution in [2.45, 2.75) is 77.7 Å². The van der Waals surface area contributed by atoms with Gasteiger partial charge in [-0.15, -0.1) is 0 Å². The molecule has 1 heteroatoms. The standard InChI is InChI=1S/C16H29N/c1-4-14-8-12-7-13(9-14)11-15(5-2,10-12)16(14,17)6-3/h12-13H,4-11,17H2,1-3H3. The van der Waals surface area contributed by atoms with E-state index in [1.165, 1.54) is 51.4 Å². The van der Waals surface area contributed by atoms with Gasteiger partial charge in [-0.1, -0.05) is 20.8 Å². The van der Waals surface area contributed by atoms with Gasteiger partial charge in [-0.2, -0.15) is 0 Å². The van der Waals surface area contributed by atoms with Crippen LogP contribution in [0.2, 0.25) is 0 Å². The van der Waals surface area contributed by atoms with Gasteiger partial charge < -0.3 is 5.73 Å². The first kappa shape index (κ1) is 12.0. The third-order valence-electron chi connectivity index (χ3n) is 7.19. The van der Waals surface area contributed by atoms with Crippen LogP contribution < -0.4 is 5.73 Å². The molecule has 4 aliphatic carbocycles. The SMILES string of the molecule is CCC12CC3CC(C1)CC(CC)(C3)C2(N)CC. The zero-order valence-corrected chi connectivity index (χ0v) is 11.9. The largest absolute Gasteiger partial charge is 0.324 e. The molecule has 0 saturated heterocycles. The summed E-state index contributed by atoms with van der Waals surface area (Å²) >= 11 is 0. The number of hydrogen-bond acceptors (Lipinski definition) is 1. The Balaban J connectivity index is 2.11. The van der Waals surface area contributed by atoms with Gasteiger partial charge in [0.15, 0.2) is 0 Å². The molecule has 0 radical (unpaired) electrons. The third-order valence-corrected chi connectivity index (χ3v) is 7.19. The summed E-state index contributed by atoms with van der Waals surface area (Å²) in [6.07, 6.45) is 11.1. The minimum atomic E-state index is 0.136. The van der Waals surface area contributed by atoms with Gasteiger partial charge in [0.1, 0.15) is 0 Å². The van der Waals surface area contributed by atoms with Crippen LogP contribution in [0.4, 0.5) is 0 Å². The molecule has 0 aromatic rings. The highest BCUT2D eigenvalue weighted by molar-refractivity contribution is 5.21. The lowest BCUT2D eigenvalue weighted by Crippen LogP contribution is -2.73. The lowest BCUT2D eigenvalue weighted by molar-refractivity contribution is -0.187. The summed E-state index contributed by atoms with van der Waals surface area (Å²) in [4.78, 5) is 0. The highest BCUT2D eigenvalue weighted by Crippen LogP contribution is 2.71. The van der Waals surface area contributed by atoms with Crippen LogP contribution in [0, 0.1) is 22.7 Å². The quantitative estimate of drug-likeness (QED) is 0.782. The molecule has 0 atom stereocenters. The zero-order valence-electron chi connectivity index (χ0n) is 11.9. The van der Waals surface area contributed by atoms with E-state index >= 15 is 0 Å². The maximum absolute atomic E-state index is 7.08. The fourth-order valence-electron chi connectivity index (χ4n) is 6.58. The summed E-state index contributed by atoms with van der Waals surface area (Å²) in [5, 5.41) is 0. The Kier molecular flexibility index (Phi) is 2.47. The monoisotopic (exact) mass is 235 g/mol. The summed E-state index contributed by atoms with van der Waals surface area (Å²) in [5.74, 6) is 2.01. The van der Waals surface area contributed by atoms with Crippen molar-refractivity contribution >= 4 is 0 Å². The predicted octanol–water partition coefficient (Wildman–Crippen LogP) is 4.11. The Morgan fingerprint density at radius 1 is 0.824 bits per heavy atom. The first-order chi connectivity index (χ1) is 8.05. The first-order valence-corrected chi connectivity index (χ1v) is 7.83. The van der Waals surface area contributed by atoms with Crippen LogP contribution in [0.25, 0.3) is 0 Å². The van der Waals surface area contributed by atoms with Crippen molar-refractivity contribution in [3.63, 3.8) is 0 Å². The van der Waals surface area contributed by atoms with E-state index in [1.807, 2.05) is 0 Å². The maximum atomic E-state index is 7.08. The molecule has 0 amide bonds. The first-order valence-electron chi connectivity index (χ1n) is 7.83. The lowest BCUT2D eigenvalue weighted by atomic mass is 9.35. The number of rotatable bonds is 3. The van der Waals surface area contributed by atoms with Gasteiger partial charge in [-0.3, -0.25) is 0 Å². The minimum Gasteiger partial charge on any atom is -0.324 e. The van der Waals surface area contributed by atoms with Crippen LogP contribution >= 0.6 is 0 Å². The predicted molar refractivity (Wildman–Crippen MR) is 72.7 cm³/mol. The molecular weight excluding hydrogens is 206 g/mol. The van der Waals surface area contributed by atoms with E-state index in [0.717, 1.165) is 11.8 Å². The van der Waals surface area contributed by atoms with Crippen molar-refractivity contribution in [2.24, 2.45) is 28.4 Å². The molecule has 1 nitrogen and oxygen atoms in total. The fourth-order valence-corrected chi connectivity index (χ4v) is 6.58. The van der Waals surface area contributed by atoms with Crippen molar-refractivity contribution in [3.8, 4) is 0 Å². The van der Waals surface area contributed by atoms with Crippen molar-refractivity contribution in [3.05, 3.63) is 0 Å². The second kappa shape index (κ2) is 3.50. The van der Waals surface area contributed by atoms with Crippen molar-refractivity contribution in [2.75, 3.05) is 0 Å². The van der Waals surface area contributed by atoms with Crippen LogP contribution in [-0.4, -0.2) is 5.54 Å². The fraction of sp³-hybridized carbons (Fsp3) is 1.00. The van der Waals surface area contributed by atoms with Gasteiger partial charge in [-0.05, 0) is 74.0 Å². The van der Waals surface area contributed by atoms with Gasteiger partial charge in [0.25, 0.3) is 0 Å². The van der Waals surface area contributed by atoms with E-state index in [1.54, 1.807) is 0 Å². The van der Waals surface area contributed by atoms with Gasteiger partial charge in [0, 0.05) is 5.54 Å². The summed E-state index contributed by atoms with van der Waals surface area (Å²) in [6, 6.07) is 0. The van der Waals surface area contributed by atoms with E-state index in [4.69, 9.17) is 5.73 Å². The van der Waals surface area contributed by atoms with Crippen LogP contribution in [0.5, 0.6) is 0 Å². The van der Waals surface area contributed by atoms with Crippen LogP contribution in [0.15, 0.2) is 0 Å². The molecule has 4 fully saturated rings. The average Bonchev–Trinajstić information content (AvgIpc) is 2.34. The Hall–Kier alpha value is -0.0400. The molecule has 2 N–H and O–H groups in total. The Morgan fingerprint density at radius 3 is 1.53 bits per heavy atom. The molecule has 0 spiro atoms. The highest BCUT2D eigenvalue weighted by Gasteiger charge is 2.67. The topological polar surface area (TPSA) is 26.0 Å². The normalized spacial score (nSPS) is 56.5. The van der Waals surface area contributed by atoms with Crippen molar-refractivity contribution in [1.82, 2.24) is 0 Å². The second-order valence-corrected chi connectivity index (χ2v) is 7.38. The highest BCUT2D eigenvalue weighted by atomic mass is 14.9. The molecule has 4 bridgehead atoms. The van der Waals surface area contributed by atoms with E-state index in [0.29, 0.717) is 10.8 Å². The molecule has 4 rings (SSSR count). The Bertz CT molecular complexity index is 281. The van der Waals surface area contributed by atoms with Crippen molar-refractivity contribution in [1.29, 1.82) is 0 Å². The Morgan fingerprint density at radius 2 is 1.24 bits per heavy atom. The summed E-state index contributed by atoms with van der Waals surface area (Å²) < 4.78 is 0. The van der Waals surface area contributed by atoms with E-state index in [9.17, 15) is 0 Å². The lowest BCUT2D eigenvalue weighted by Gasteiger charge is -2.72. The number of hydrogen-bond donors (Lipinski definition) is 1. The molecule has 98 valence electrons. The van der Waals surface area contributed by atoms with Crippen LogP contribution in [0.3, 0.4) is 0 Å². The van der Waals surface area contributed by atoms with Gasteiger partial charge in [0.2, 0.25) is 0 Å². The molecule has 0 aromatic carbocycles. The van der Waals surface area contributed by atoms with Gasteiger partial charge in [0.05, 0.1) is 0 Å². The van der Waals surface area contributed by atoms with Crippen LogP contribution in [-0.2, 0) is 0 Å². The zero-order chi connectivity index (χ0) is 12.3. The van der Waals surface area contributed by atoms with Gasteiger partial charge in [-0.25, -0.2) is 0 Å². The van der Waals surface area contributed by atoms with Crippen molar-refractivity contribution < 1.29 is 0 Å². The molecule has 4 aliphatic rings. The molecule has 0 aromatic heterocycles. The molecule has 0 heterocycles. The third kappa shape index (κ3) is 1.20. The molecule has 4 saturated carbocycles. The second-order valence-electron chi connectivity index (χ2n) is 7.38. The summed E-state index contributed by atoms with van der Waals surface area (Å²) in [5.41, 5.74) is 8.19. The molecule has 0 unspecified atom stereocenters. The summed E-state index contributed by atoms with van der Waals surface area (Å²) in [6.45, 7) is 7.14. The molecule has 0 aliphatic heterocycles. The number of nitrogens with two attached hydrogens (primary N) is 1. The van der Waals surface area contributed by atoms with Gasteiger partial charge >= 0.3 is 0 Å². The van der Waals surface area contributed by atoms with E-state index < -0.39 is 0 Å². The minimum absolute atomic E-state index is 0.136. The summed E-state index contributed by atoms with van der Waals surface area (Å²) in [7, 11) is 0. The molecular formula is C16H29N. The Labute approximate surface area is 107 Å². The maximum Gasteiger partial charge on any atom is 0.0266 e. The van der Waals surface area contributed by atoms with E-state index in [2.05, 4.69) is 20.8 Å². The average molecular weight is 235 g/mol.